The zero-order valence-corrected chi connectivity index (χ0v) is 10.5. The molecule has 0 saturated carbocycles. The van der Waals surface area contributed by atoms with E-state index in [0.717, 1.165) is 26.2 Å². The van der Waals surface area contributed by atoms with Gasteiger partial charge in [0, 0.05) is 25.8 Å². The normalized spacial score (nSPS) is 13.9. The highest BCUT2D eigenvalue weighted by Gasteiger charge is 2.05. The summed E-state index contributed by atoms with van der Waals surface area (Å²) < 4.78 is 5.53. The highest BCUT2D eigenvalue weighted by Crippen LogP contribution is 2.01. The molecule has 1 atom stereocenters. The third-order valence-electron chi connectivity index (χ3n) is 2.59. The molecule has 0 bridgehead atoms. The Bertz CT molecular complexity index is 125. The minimum absolute atomic E-state index is 0.655. The minimum atomic E-state index is 0.655. The summed E-state index contributed by atoms with van der Waals surface area (Å²) in [5.74, 6) is 0.655. The van der Waals surface area contributed by atoms with Gasteiger partial charge in [-0.15, -0.1) is 0 Å². The fourth-order valence-electron chi connectivity index (χ4n) is 1.27. The number of rotatable bonds is 8. The Hall–Kier alpha value is -0.0800. The molecule has 0 aromatic carbocycles. The van der Waals surface area contributed by atoms with Gasteiger partial charge in [0.15, 0.2) is 0 Å². The molecule has 0 rings (SSSR count). The maximum absolute atomic E-state index is 5.53. The van der Waals surface area contributed by atoms with E-state index in [9.17, 15) is 0 Å². The van der Waals surface area contributed by atoms with E-state index in [2.05, 4.69) is 39.6 Å². The Morgan fingerprint density at radius 2 is 1.86 bits per heavy atom. The van der Waals surface area contributed by atoms with Gasteiger partial charge in [-0.2, -0.15) is 0 Å². The summed E-state index contributed by atoms with van der Waals surface area (Å²) in [7, 11) is 2.19. The predicted molar refractivity (Wildman–Crippen MR) is 62.7 cm³/mol. The maximum Gasteiger partial charge on any atom is 0.0489 e. The summed E-state index contributed by atoms with van der Waals surface area (Å²) in [6, 6.07) is 0.695. The summed E-state index contributed by atoms with van der Waals surface area (Å²) in [6.07, 6.45) is 2.37. The van der Waals surface area contributed by atoms with Crippen LogP contribution in [0.15, 0.2) is 0 Å². The molecule has 0 aromatic heterocycles. The molecule has 0 spiro atoms. The lowest BCUT2D eigenvalue weighted by atomic mass is 10.2. The van der Waals surface area contributed by atoms with Crippen LogP contribution in [0.1, 0.15) is 40.5 Å². The maximum atomic E-state index is 5.53. The van der Waals surface area contributed by atoms with E-state index in [1.54, 1.807) is 0 Å². The third-order valence-corrected chi connectivity index (χ3v) is 2.59. The summed E-state index contributed by atoms with van der Waals surface area (Å²) in [5.41, 5.74) is 0. The standard InChI is InChI=1S/C12H27NO/c1-6-12(4)13(5)8-7-9-14-10-11(2)3/h11-12H,6-10H2,1-5H3. The van der Waals surface area contributed by atoms with Crippen LogP contribution in [0, 0.1) is 5.92 Å². The van der Waals surface area contributed by atoms with Crippen molar-refractivity contribution in [1.29, 1.82) is 0 Å². The van der Waals surface area contributed by atoms with Crippen molar-refractivity contribution < 1.29 is 4.74 Å². The van der Waals surface area contributed by atoms with Crippen LogP contribution in [0.25, 0.3) is 0 Å². The summed E-state index contributed by atoms with van der Waals surface area (Å²) in [5, 5.41) is 0. The van der Waals surface area contributed by atoms with Crippen molar-refractivity contribution in [3.63, 3.8) is 0 Å². The summed E-state index contributed by atoms with van der Waals surface area (Å²) >= 11 is 0. The van der Waals surface area contributed by atoms with Crippen molar-refractivity contribution in [1.82, 2.24) is 4.90 Å². The molecular formula is C12H27NO. The van der Waals surface area contributed by atoms with Crippen molar-refractivity contribution in [3.8, 4) is 0 Å². The second-order valence-electron chi connectivity index (χ2n) is 4.56. The second-order valence-corrected chi connectivity index (χ2v) is 4.56. The summed E-state index contributed by atoms with van der Waals surface area (Å²) in [6.45, 7) is 11.8. The molecule has 0 radical (unpaired) electrons. The van der Waals surface area contributed by atoms with Gasteiger partial charge in [0.05, 0.1) is 0 Å². The SMILES string of the molecule is CCC(C)N(C)CCCOCC(C)C. The topological polar surface area (TPSA) is 12.5 Å². The lowest BCUT2D eigenvalue weighted by molar-refractivity contribution is 0.0981. The number of hydrogen-bond acceptors (Lipinski definition) is 2. The van der Waals surface area contributed by atoms with Gasteiger partial charge in [0.2, 0.25) is 0 Å². The van der Waals surface area contributed by atoms with E-state index in [1.807, 2.05) is 0 Å². The molecule has 0 saturated heterocycles. The first-order valence-electron chi connectivity index (χ1n) is 5.85. The first-order valence-corrected chi connectivity index (χ1v) is 5.85. The van der Waals surface area contributed by atoms with Crippen LogP contribution >= 0.6 is 0 Å². The molecule has 0 aromatic rings. The predicted octanol–water partition coefficient (Wildman–Crippen LogP) is 2.78. The largest absolute Gasteiger partial charge is 0.381 e. The highest BCUT2D eigenvalue weighted by molar-refractivity contribution is 4.60. The van der Waals surface area contributed by atoms with Crippen molar-refractivity contribution >= 4 is 0 Å². The molecule has 0 aliphatic rings. The van der Waals surface area contributed by atoms with Crippen molar-refractivity contribution in [2.45, 2.75) is 46.6 Å². The third kappa shape index (κ3) is 7.34. The van der Waals surface area contributed by atoms with Crippen molar-refractivity contribution in [2.75, 3.05) is 26.8 Å². The Kier molecular flexibility index (Phi) is 8.20. The van der Waals surface area contributed by atoms with Gasteiger partial charge in [0.25, 0.3) is 0 Å². The monoisotopic (exact) mass is 201 g/mol. The van der Waals surface area contributed by atoms with Gasteiger partial charge in [-0.1, -0.05) is 20.8 Å². The van der Waals surface area contributed by atoms with E-state index in [4.69, 9.17) is 4.74 Å². The van der Waals surface area contributed by atoms with Crippen LogP contribution in [-0.4, -0.2) is 37.7 Å². The van der Waals surface area contributed by atoms with Gasteiger partial charge in [-0.05, 0) is 32.7 Å². The molecule has 14 heavy (non-hydrogen) atoms. The van der Waals surface area contributed by atoms with Crippen LogP contribution in [0.2, 0.25) is 0 Å². The molecule has 86 valence electrons. The van der Waals surface area contributed by atoms with Crippen LogP contribution < -0.4 is 0 Å². The van der Waals surface area contributed by atoms with Gasteiger partial charge in [-0.3, -0.25) is 0 Å². The molecule has 0 N–H and O–H groups in total. The molecule has 0 aliphatic carbocycles. The van der Waals surface area contributed by atoms with Crippen molar-refractivity contribution in [3.05, 3.63) is 0 Å². The summed E-state index contributed by atoms with van der Waals surface area (Å²) in [4.78, 5) is 2.40. The van der Waals surface area contributed by atoms with Crippen LogP contribution in [0.4, 0.5) is 0 Å². The fraction of sp³-hybridized carbons (Fsp3) is 1.00. The Labute approximate surface area is 89.6 Å². The van der Waals surface area contributed by atoms with Gasteiger partial charge >= 0.3 is 0 Å². The van der Waals surface area contributed by atoms with E-state index in [0.29, 0.717) is 12.0 Å². The Morgan fingerprint density at radius 3 is 2.36 bits per heavy atom. The first kappa shape index (κ1) is 13.9. The van der Waals surface area contributed by atoms with E-state index < -0.39 is 0 Å². The molecule has 0 heterocycles. The Morgan fingerprint density at radius 1 is 1.21 bits per heavy atom. The average molecular weight is 201 g/mol. The number of nitrogens with zero attached hydrogens (tertiary/aromatic N) is 1. The van der Waals surface area contributed by atoms with Crippen molar-refractivity contribution in [2.24, 2.45) is 5.92 Å². The molecule has 1 unspecified atom stereocenters. The van der Waals surface area contributed by atoms with Gasteiger partial charge in [-0.25, -0.2) is 0 Å². The molecular weight excluding hydrogens is 174 g/mol. The molecule has 0 aliphatic heterocycles. The van der Waals surface area contributed by atoms with Crippen LogP contribution in [-0.2, 0) is 4.74 Å². The van der Waals surface area contributed by atoms with Crippen LogP contribution in [0.3, 0.4) is 0 Å². The Balaban J connectivity index is 3.27. The lowest BCUT2D eigenvalue weighted by Gasteiger charge is -2.23. The number of ether oxygens (including phenoxy) is 1. The van der Waals surface area contributed by atoms with Crippen LogP contribution in [0.5, 0.6) is 0 Å². The van der Waals surface area contributed by atoms with Gasteiger partial charge in [0.1, 0.15) is 0 Å². The molecule has 0 amide bonds. The zero-order chi connectivity index (χ0) is 11.0. The average Bonchev–Trinajstić information content (AvgIpc) is 2.15. The van der Waals surface area contributed by atoms with E-state index >= 15 is 0 Å². The fourth-order valence-corrected chi connectivity index (χ4v) is 1.27. The highest BCUT2D eigenvalue weighted by atomic mass is 16.5. The molecule has 0 fully saturated rings. The lowest BCUT2D eigenvalue weighted by Crippen LogP contribution is -2.29. The minimum Gasteiger partial charge on any atom is -0.381 e. The number of hydrogen-bond donors (Lipinski definition) is 0. The van der Waals surface area contributed by atoms with E-state index in [1.165, 1.54) is 6.42 Å². The van der Waals surface area contributed by atoms with E-state index in [-0.39, 0.29) is 0 Å². The quantitative estimate of drug-likeness (QED) is 0.560. The second kappa shape index (κ2) is 8.25. The van der Waals surface area contributed by atoms with Gasteiger partial charge < -0.3 is 9.64 Å². The zero-order valence-electron chi connectivity index (χ0n) is 10.5. The molecule has 2 nitrogen and oxygen atoms in total. The smallest absolute Gasteiger partial charge is 0.0489 e. The molecule has 2 heteroatoms. The first-order chi connectivity index (χ1) is 6.57.